The summed E-state index contributed by atoms with van der Waals surface area (Å²) in [7, 11) is 1.64. The molecule has 2 aromatic rings. The van der Waals surface area contributed by atoms with Gasteiger partial charge in [-0.25, -0.2) is 4.79 Å². The average molecular weight is 431 g/mol. The Morgan fingerprint density at radius 3 is 2.42 bits per heavy atom. The number of carbonyl (C=O) groups is 2. The van der Waals surface area contributed by atoms with Crippen LogP contribution in [0.1, 0.15) is 25.8 Å². The van der Waals surface area contributed by atoms with Crippen molar-refractivity contribution in [2.75, 3.05) is 43.9 Å². The van der Waals surface area contributed by atoms with Crippen molar-refractivity contribution in [2.45, 2.75) is 26.8 Å². The number of aromatic nitrogens is 2. The summed E-state index contributed by atoms with van der Waals surface area (Å²) < 4.78 is 1.23. The smallest absolute Gasteiger partial charge is 0.330 e. The van der Waals surface area contributed by atoms with Crippen molar-refractivity contribution in [3.63, 3.8) is 0 Å². The molecule has 31 heavy (non-hydrogen) atoms. The highest BCUT2D eigenvalue weighted by atomic mass is 16.2. The summed E-state index contributed by atoms with van der Waals surface area (Å²) in [6.07, 6.45) is 0.818. The molecule has 10 heteroatoms. The summed E-state index contributed by atoms with van der Waals surface area (Å²) in [6.45, 7) is 4.50. The maximum atomic E-state index is 12.9. The van der Waals surface area contributed by atoms with E-state index in [9.17, 15) is 19.2 Å². The number of H-pyrrole nitrogens is 1. The van der Waals surface area contributed by atoms with Crippen molar-refractivity contribution in [3.8, 4) is 0 Å². The first kappa shape index (κ1) is 23.9. The number of aromatic amines is 1. The van der Waals surface area contributed by atoms with Crippen LogP contribution < -0.4 is 27.2 Å². The van der Waals surface area contributed by atoms with Gasteiger partial charge in [0.05, 0.1) is 19.6 Å². The third-order valence-corrected chi connectivity index (χ3v) is 4.68. The summed E-state index contributed by atoms with van der Waals surface area (Å²) in [6, 6.07) is 9.18. The van der Waals surface area contributed by atoms with Gasteiger partial charge in [-0.1, -0.05) is 37.3 Å². The Balaban J connectivity index is 2.26. The molecule has 0 atom stereocenters. The van der Waals surface area contributed by atoms with Crippen LogP contribution in [0.5, 0.6) is 0 Å². The lowest BCUT2D eigenvalue weighted by Crippen LogP contribution is -2.46. The van der Waals surface area contributed by atoms with Gasteiger partial charge in [-0.2, -0.15) is 0 Å². The quantitative estimate of drug-likeness (QED) is 0.485. The van der Waals surface area contributed by atoms with Crippen molar-refractivity contribution in [2.24, 2.45) is 0 Å². The molecule has 0 fully saturated rings. The summed E-state index contributed by atoms with van der Waals surface area (Å²) in [5.74, 6) is -0.680. The highest BCUT2D eigenvalue weighted by molar-refractivity contribution is 5.97. The van der Waals surface area contributed by atoms with Gasteiger partial charge in [0, 0.05) is 13.1 Å². The van der Waals surface area contributed by atoms with Gasteiger partial charge in [-0.05, 0) is 26.0 Å². The van der Waals surface area contributed by atoms with Gasteiger partial charge in [0.2, 0.25) is 11.8 Å². The highest BCUT2D eigenvalue weighted by Gasteiger charge is 2.24. The van der Waals surface area contributed by atoms with E-state index >= 15 is 0 Å². The van der Waals surface area contributed by atoms with Crippen molar-refractivity contribution in [3.05, 3.63) is 56.7 Å². The number of likely N-dealkylation sites (N-methyl/N-ethyl adjacent to an activating group) is 2. The zero-order valence-corrected chi connectivity index (χ0v) is 18.2. The molecule has 0 bridgehead atoms. The third-order valence-electron chi connectivity index (χ3n) is 4.68. The fourth-order valence-corrected chi connectivity index (χ4v) is 3.16. The Morgan fingerprint density at radius 1 is 1.13 bits per heavy atom. The van der Waals surface area contributed by atoms with E-state index in [1.165, 1.54) is 9.47 Å². The average Bonchev–Trinajstić information content (AvgIpc) is 2.73. The van der Waals surface area contributed by atoms with Crippen molar-refractivity contribution in [1.29, 1.82) is 0 Å². The number of hydrogen-bond donors (Lipinski definition) is 3. The monoisotopic (exact) mass is 430 g/mol. The molecule has 1 aromatic carbocycles. The molecule has 0 aliphatic rings. The highest BCUT2D eigenvalue weighted by Crippen LogP contribution is 2.18. The molecule has 0 saturated heterocycles. The number of anilines is 2. The number of benzene rings is 1. The molecule has 4 N–H and O–H groups in total. The van der Waals surface area contributed by atoms with Crippen molar-refractivity contribution < 1.29 is 9.59 Å². The number of nitrogens with one attached hydrogen (secondary N) is 2. The van der Waals surface area contributed by atoms with Gasteiger partial charge >= 0.3 is 5.69 Å². The molecule has 0 unspecified atom stereocenters. The fraction of sp³-hybridized carbons (Fsp3) is 0.429. The summed E-state index contributed by atoms with van der Waals surface area (Å²) in [5.41, 5.74) is 5.55. The Kier molecular flexibility index (Phi) is 8.56. The van der Waals surface area contributed by atoms with E-state index < -0.39 is 17.2 Å². The number of hydrogen-bond acceptors (Lipinski definition) is 6. The van der Waals surface area contributed by atoms with E-state index in [1.54, 1.807) is 18.9 Å². The zero-order valence-electron chi connectivity index (χ0n) is 18.2. The van der Waals surface area contributed by atoms with Gasteiger partial charge in [0.1, 0.15) is 5.82 Å². The van der Waals surface area contributed by atoms with E-state index in [1.807, 2.05) is 37.3 Å². The predicted octanol–water partition coefficient (Wildman–Crippen LogP) is -0.0220. The molecule has 1 heterocycles. The topological polar surface area (TPSA) is 134 Å². The predicted molar refractivity (Wildman–Crippen MR) is 120 cm³/mol. The number of rotatable bonds is 10. The molecule has 1 aromatic heterocycles. The second-order valence-corrected chi connectivity index (χ2v) is 7.23. The minimum absolute atomic E-state index is 0.0443. The van der Waals surface area contributed by atoms with E-state index in [-0.39, 0.29) is 43.6 Å². The van der Waals surface area contributed by atoms with Gasteiger partial charge in [0.15, 0.2) is 5.69 Å². The first-order chi connectivity index (χ1) is 14.8. The first-order valence-electron chi connectivity index (χ1n) is 10.2. The number of carbonyl (C=O) groups excluding carboxylic acids is 2. The Labute approximate surface area is 180 Å². The summed E-state index contributed by atoms with van der Waals surface area (Å²) in [5, 5.41) is 2.75. The maximum absolute atomic E-state index is 12.9. The van der Waals surface area contributed by atoms with Crippen LogP contribution in [0.2, 0.25) is 0 Å². The number of nitrogen functional groups attached to an aromatic ring is 1. The number of amides is 2. The van der Waals surface area contributed by atoms with Crippen LogP contribution in [-0.2, 0) is 16.1 Å². The Hall–Kier alpha value is -3.40. The minimum atomic E-state index is -0.731. The van der Waals surface area contributed by atoms with Crippen molar-refractivity contribution in [1.82, 2.24) is 19.8 Å². The van der Waals surface area contributed by atoms with Crippen LogP contribution >= 0.6 is 0 Å². The summed E-state index contributed by atoms with van der Waals surface area (Å²) >= 11 is 0. The van der Waals surface area contributed by atoms with Gasteiger partial charge in [-0.15, -0.1) is 0 Å². The lowest BCUT2D eigenvalue weighted by Gasteiger charge is -2.25. The molecule has 0 aliphatic carbocycles. The van der Waals surface area contributed by atoms with Crippen LogP contribution in [0.25, 0.3) is 0 Å². The second kappa shape index (κ2) is 11.1. The maximum Gasteiger partial charge on any atom is 0.330 e. The molecule has 10 nitrogen and oxygen atoms in total. The molecular formula is C21H30N6O4. The zero-order chi connectivity index (χ0) is 23.0. The largest absolute Gasteiger partial charge is 0.383 e. The minimum Gasteiger partial charge on any atom is -0.383 e. The van der Waals surface area contributed by atoms with Crippen LogP contribution in [-0.4, -0.2) is 59.5 Å². The summed E-state index contributed by atoms with van der Waals surface area (Å²) in [4.78, 5) is 54.7. The van der Waals surface area contributed by atoms with Crippen LogP contribution in [0, 0.1) is 0 Å². The molecule has 168 valence electrons. The SMILES string of the molecule is CCCNC(=O)CN(C)CC(=O)N(CC)c1c(N)n(Cc2ccccc2)c(=O)[nH]c1=O. The van der Waals surface area contributed by atoms with Crippen molar-refractivity contribution >= 4 is 23.3 Å². The molecular weight excluding hydrogens is 400 g/mol. The molecule has 0 saturated carbocycles. The van der Waals surface area contributed by atoms with Crippen LogP contribution in [0.4, 0.5) is 11.5 Å². The van der Waals surface area contributed by atoms with E-state index in [2.05, 4.69) is 10.3 Å². The van der Waals surface area contributed by atoms with Gasteiger partial charge in [0.25, 0.3) is 5.56 Å². The van der Waals surface area contributed by atoms with Crippen LogP contribution in [0.3, 0.4) is 0 Å². The Morgan fingerprint density at radius 2 is 1.81 bits per heavy atom. The number of nitrogens with zero attached hydrogens (tertiary/aromatic N) is 3. The van der Waals surface area contributed by atoms with E-state index in [4.69, 9.17) is 5.73 Å². The van der Waals surface area contributed by atoms with Gasteiger partial charge < -0.3 is 16.0 Å². The fourth-order valence-electron chi connectivity index (χ4n) is 3.16. The normalized spacial score (nSPS) is 10.8. The number of nitrogens with two attached hydrogens (primary N) is 1. The van der Waals surface area contributed by atoms with E-state index in [0.29, 0.717) is 6.54 Å². The van der Waals surface area contributed by atoms with Crippen LogP contribution in [0.15, 0.2) is 39.9 Å². The standard InChI is InChI=1S/C21H30N6O4/c1-4-11-23-16(28)13-25(3)14-17(29)26(5-2)18-19(22)27(21(31)24-20(18)30)12-15-9-7-6-8-10-15/h6-10H,4-5,11-14,22H2,1-3H3,(H,23,28)(H,24,30,31). The molecule has 0 spiro atoms. The first-order valence-corrected chi connectivity index (χ1v) is 10.2. The lowest BCUT2D eigenvalue weighted by atomic mass is 10.2. The molecule has 0 aliphatic heterocycles. The molecule has 2 amide bonds. The lowest BCUT2D eigenvalue weighted by molar-refractivity contribution is -0.123. The van der Waals surface area contributed by atoms with Gasteiger partial charge in [-0.3, -0.25) is 28.8 Å². The molecule has 0 radical (unpaired) electrons. The third kappa shape index (κ3) is 6.29. The second-order valence-electron chi connectivity index (χ2n) is 7.23. The Bertz CT molecular complexity index is 1010. The molecule has 2 rings (SSSR count). The van der Waals surface area contributed by atoms with E-state index in [0.717, 1.165) is 12.0 Å².